The number of carboxylic acid groups (broad SMARTS) is 1. The molecule has 0 radical (unpaired) electrons. The molecule has 0 aliphatic carbocycles. The summed E-state index contributed by atoms with van der Waals surface area (Å²) in [6.07, 6.45) is 1.66. The molecule has 24 heavy (non-hydrogen) atoms. The van der Waals surface area contributed by atoms with E-state index in [4.69, 9.17) is 16.1 Å². The summed E-state index contributed by atoms with van der Waals surface area (Å²) in [5, 5.41) is 22.1. The van der Waals surface area contributed by atoms with Gasteiger partial charge in [-0.2, -0.15) is 5.26 Å². The van der Waals surface area contributed by atoms with E-state index in [-0.39, 0.29) is 5.91 Å². The zero-order valence-electron chi connectivity index (χ0n) is 13.1. The Labute approximate surface area is 139 Å². The number of hydrogen-bond donors (Lipinski definition) is 4. The van der Waals surface area contributed by atoms with Crippen molar-refractivity contribution in [3.05, 3.63) is 35.4 Å². The summed E-state index contributed by atoms with van der Waals surface area (Å²) < 4.78 is 0. The van der Waals surface area contributed by atoms with Crippen LogP contribution in [-0.4, -0.2) is 42.0 Å². The van der Waals surface area contributed by atoms with E-state index in [0.29, 0.717) is 36.9 Å². The van der Waals surface area contributed by atoms with E-state index in [1.165, 1.54) is 0 Å². The van der Waals surface area contributed by atoms with Gasteiger partial charge in [0.25, 0.3) is 5.91 Å². The SMILES string of the molecule is N#Cc1ccc(C(=O)NCCCC[C@@H](N)C(=O)NCC(=O)O)cc1. The molecule has 8 nitrogen and oxygen atoms in total. The third kappa shape index (κ3) is 6.89. The summed E-state index contributed by atoms with van der Waals surface area (Å²) in [6.45, 7) is -0.0184. The maximum atomic E-state index is 11.9. The molecule has 0 unspecified atom stereocenters. The number of hydrogen-bond acceptors (Lipinski definition) is 5. The summed E-state index contributed by atoms with van der Waals surface area (Å²) in [5.41, 5.74) is 6.60. The third-order valence-corrected chi connectivity index (χ3v) is 3.25. The molecule has 0 aromatic heterocycles. The van der Waals surface area contributed by atoms with Crippen LogP contribution in [0.5, 0.6) is 0 Å². The van der Waals surface area contributed by atoms with Crippen molar-refractivity contribution in [1.82, 2.24) is 10.6 Å². The van der Waals surface area contributed by atoms with Gasteiger partial charge >= 0.3 is 5.97 Å². The molecule has 5 N–H and O–H groups in total. The minimum absolute atomic E-state index is 0.233. The Balaban J connectivity index is 2.21. The monoisotopic (exact) mass is 332 g/mol. The first-order valence-corrected chi connectivity index (χ1v) is 7.47. The van der Waals surface area contributed by atoms with E-state index in [2.05, 4.69) is 10.6 Å². The largest absolute Gasteiger partial charge is 0.480 e. The molecule has 0 spiro atoms. The van der Waals surface area contributed by atoms with Crippen LogP contribution >= 0.6 is 0 Å². The zero-order valence-corrected chi connectivity index (χ0v) is 13.1. The van der Waals surface area contributed by atoms with E-state index >= 15 is 0 Å². The van der Waals surface area contributed by atoms with Crippen molar-refractivity contribution in [3.8, 4) is 6.07 Å². The van der Waals surface area contributed by atoms with Crippen molar-refractivity contribution in [2.75, 3.05) is 13.1 Å². The molecule has 0 aliphatic heterocycles. The minimum Gasteiger partial charge on any atom is -0.480 e. The highest BCUT2D eigenvalue weighted by Crippen LogP contribution is 2.04. The lowest BCUT2D eigenvalue weighted by Crippen LogP contribution is -2.42. The number of unbranched alkanes of at least 4 members (excludes halogenated alkanes) is 1. The molecule has 1 aromatic carbocycles. The highest BCUT2D eigenvalue weighted by molar-refractivity contribution is 5.94. The molecule has 0 aliphatic rings. The maximum absolute atomic E-state index is 11.9. The summed E-state index contributed by atoms with van der Waals surface area (Å²) in [7, 11) is 0. The van der Waals surface area contributed by atoms with E-state index in [0.717, 1.165) is 0 Å². The summed E-state index contributed by atoms with van der Waals surface area (Å²) in [5.74, 6) is -1.86. The number of amides is 2. The first-order chi connectivity index (χ1) is 11.4. The molecular formula is C16H20N4O4. The molecule has 1 rings (SSSR count). The van der Waals surface area contributed by atoms with Crippen LogP contribution in [0.2, 0.25) is 0 Å². The number of carbonyl (C=O) groups excluding carboxylic acids is 2. The number of carboxylic acids is 1. The Hall–Kier alpha value is -2.92. The van der Waals surface area contributed by atoms with Gasteiger partial charge in [-0.1, -0.05) is 0 Å². The molecule has 0 bridgehead atoms. The van der Waals surface area contributed by atoms with Crippen molar-refractivity contribution < 1.29 is 19.5 Å². The molecule has 128 valence electrons. The van der Waals surface area contributed by atoms with Gasteiger partial charge in [0.1, 0.15) is 6.54 Å². The molecule has 0 heterocycles. The van der Waals surface area contributed by atoms with Gasteiger partial charge in [0.15, 0.2) is 0 Å². The second-order valence-electron chi connectivity index (χ2n) is 5.16. The van der Waals surface area contributed by atoms with Crippen molar-refractivity contribution >= 4 is 17.8 Å². The molecule has 0 fully saturated rings. The van der Waals surface area contributed by atoms with Crippen molar-refractivity contribution in [3.63, 3.8) is 0 Å². The smallest absolute Gasteiger partial charge is 0.322 e. The topological polar surface area (TPSA) is 145 Å². The highest BCUT2D eigenvalue weighted by Gasteiger charge is 2.13. The fraction of sp³-hybridized carbons (Fsp3) is 0.375. The fourth-order valence-corrected chi connectivity index (χ4v) is 1.91. The fourth-order valence-electron chi connectivity index (χ4n) is 1.91. The number of nitriles is 1. The van der Waals surface area contributed by atoms with Crippen LogP contribution < -0.4 is 16.4 Å². The van der Waals surface area contributed by atoms with Crippen LogP contribution in [0.1, 0.15) is 35.2 Å². The average Bonchev–Trinajstić information content (AvgIpc) is 2.58. The average molecular weight is 332 g/mol. The van der Waals surface area contributed by atoms with Gasteiger partial charge in [-0.3, -0.25) is 14.4 Å². The number of nitrogens with one attached hydrogen (secondary N) is 2. The molecule has 0 saturated heterocycles. The predicted octanol–water partition coefficient (Wildman–Crippen LogP) is -0.0135. The van der Waals surface area contributed by atoms with Crippen LogP contribution in [0, 0.1) is 11.3 Å². The number of benzene rings is 1. The minimum atomic E-state index is -1.12. The summed E-state index contributed by atoms with van der Waals surface area (Å²) >= 11 is 0. The lowest BCUT2D eigenvalue weighted by molar-refractivity contribution is -0.138. The van der Waals surface area contributed by atoms with Crippen LogP contribution in [0.3, 0.4) is 0 Å². The normalized spacial score (nSPS) is 11.2. The van der Waals surface area contributed by atoms with Crippen LogP contribution in [0.15, 0.2) is 24.3 Å². The maximum Gasteiger partial charge on any atom is 0.322 e. The van der Waals surface area contributed by atoms with Gasteiger partial charge in [-0.25, -0.2) is 0 Å². The number of nitrogens with two attached hydrogens (primary N) is 1. The van der Waals surface area contributed by atoms with Gasteiger partial charge in [0.2, 0.25) is 5.91 Å². The van der Waals surface area contributed by atoms with Gasteiger partial charge in [0.05, 0.1) is 17.7 Å². The summed E-state index contributed by atoms with van der Waals surface area (Å²) in [4.78, 5) is 33.7. The standard InChI is InChI=1S/C16H20N4O4/c17-9-11-4-6-12(7-5-11)15(23)19-8-2-1-3-13(18)16(24)20-10-14(21)22/h4-7,13H,1-3,8,10,18H2,(H,19,23)(H,20,24)(H,21,22)/t13-/m1/s1. The molecule has 8 heteroatoms. The molecule has 1 atom stereocenters. The summed E-state index contributed by atoms with van der Waals surface area (Å²) in [6, 6.07) is 7.52. The van der Waals surface area contributed by atoms with E-state index < -0.39 is 24.5 Å². The van der Waals surface area contributed by atoms with E-state index in [1.807, 2.05) is 6.07 Å². The first kappa shape index (κ1) is 19.1. The lowest BCUT2D eigenvalue weighted by atomic mass is 10.1. The molecule has 0 saturated carbocycles. The molecule has 1 aromatic rings. The Morgan fingerprint density at radius 2 is 1.83 bits per heavy atom. The Kier molecular flexibility index (Phi) is 7.94. The van der Waals surface area contributed by atoms with Gasteiger partial charge < -0.3 is 21.5 Å². The highest BCUT2D eigenvalue weighted by atomic mass is 16.4. The molecular weight excluding hydrogens is 312 g/mol. The number of aliphatic carboxylic acids is 1. The van der Waals surface area contributed by atoms with Crippen molar-refractivity contribution in [1.29, 1.82) is 5.26 Å². The Bertz CT molecular complexity index is 622. The lowest BCUT2D eigenvalue weighted by Gasteiger charge is -2.11. The van der Waals surface area contributed by atoms with Gasteiger partial charge in [-0.05, 0) is 43.5 Å². The zero-order chi connectivity index (χ0) is 17.9. The first-order valence-electron chi connectivity index (χ1n) is 7.47. The Morgan fingerprint density at radius 3 is 2.42 bits per heavy atom. The van der Waals surface area contributed by atoms with Crippen molar-refractivity contribution in [2.45, 2.75) is 25.3 Å². The second kappa shape index (κ2) is 9.97. The number of nitrogens with zero attached hydrogens (tertiary/aromatic N) is 1. The second-order valence-corrected chi connectivity index (χ2v) is 5.16. The predicted molar refractivity (Wildman–Crippen MR) is 86.0 cm³/mol. The third-order valence-electron chi connectivity index (χ3n) is 3.25. The Morgan fingerprint density at radius 1 is 1.17 bits per heavy atom. The number of rotatable bonds is 9. The molecule has 2 amide bonds. The number of carbonyl (C=O) groups is 3. The van der Waals surface area contributed by atoms with Crippen molar-refractivity contribution in [2.24, 2.45) is 5.73 Å². The van der Waals surface area contributed by atoms with Crippen LogP contribution in [0.25, 0.3) is 0 Å². The van der Waals surface area contributed by atoms with E-state index in [9.17, 15) is 14.4 Å². The van der Waals surface area contributed by atoms with E-state index in [1.54, 1.807) is 24.3 Å². The van der Waals surface area contributed by atoms with Gasteiger partial charge in [-0.15, -0.1) is 0 Å². The van der Waals surface area contributed by atoms with Crippen LogP contribution in [0.4, 0.5) is 0 Å². The van der Waals surface area contributed by atoms with Crippen LogP contribution in [-0.2, 0) is 9.59 Å². The van der Waals surface area contributed by atoms with Gasteiger partial charge in [0, 0.05) is 12.1 Å². The quantitative estimate of drug-likeness (QED) is 0.468.